The molecule has 0 radical (unpaired) electrons. The van der Waals surface area contributed by atoms with Crippen LogP contribution in [0.25, 0.3) is 20.2 Å². The van der Waals surface area contributed by atoms with E-state index in [2.05, 4.69) is 18.2 Å². The second-order valence-electron chi connectivity index (χ2n) is 4.38. The first-order valence-electron chi connectivity index (χ1n) is 5.81. The highest BCUT2D eigenvalue weighted by molar-refractivity contribution is 7.26. The van der Waals surface area contributed by atoms with Gasteiger partial charge < -0.3 is 5.11 Å². The summed E-state index contributed by atoms with van der Waals surface area (Å²) in [5.41, 5.74) is 0.904. The molecule has 0 saturated heterocycles. The van der Waals surface area contributed by atoms with E-state index in [1.54, 1.807) is 18.3 Å². The van der Waals surface area contributed by atoms with Gasteiger partial charge in [0.25, 0.3) is 0 Å². The van der Waals surface area contributed by atoms with Gasteiger partial charge in [-0.25, -0.2) is 0 Å². The van der Waals surface area contributed by atoms with Gasteiger partial charge in [0, 0.05) is 20.2 Å². The minimum atomic E-state index is -0.778. The van der Waals surface area contributed by atoms with Crippen molar-refractivity contribution in [1.82, 2.24) is 0 Å². The Morgan fingerprint density at radius 1 is 1.11 bits per heavy atom. The summed E-state index contributed by atoms with van der Waals surface area (Å²) >= 11 is 1.67. The summed E-state index contributed by atoms with van der Waals surface area (Å²) in [4.78, 5) is 11.2. The number of hydrogen-bond acceptors (Lipinski definition) is 2. The summed E-state index contributed by atoms with van der Waals surface area (Å²) in [6, 6.07) is 14.1. The second kappa shape index (κ2) is 4.10. The van der Waals surface area contributed by atoms with Crippen LogP contribution in [0.5, 0.6) is 0 Å². The van der Waals surface area contributed by atoms with E-state index in [9.17, 15) is 9.90 Å². The Bertz CT molecular complexity index is 742. The highest BCUT2D eigenvalue weighted by atomic mass is 32.1. The van der Waals surface area contributed by atoms with Crippen LogP contribution in [0.1, 0.15) is 18.4 Å². The molecule has 0 unspecified atom stereocenters. The third-order valence-electron chi connectivity index (χ3n) is 3.27. The van der Waals surface area contributed by atoms with Gasteiger partial charge in [-0.2, -0.15) is 0 Å². The predicted molar refractivity (Wildman–Crippen MR) is 75.4 cm³/mol. The molecule has 0 bridgehead atoms. The molecule has 0 aliphatic carbocycles. The summed E-state index contributed by atoms with van der Waals surface area (Å²) < 4.78 is 2.30. The van der Waals surface area contributed by atoms with Crippen molar-refractivity contribution < 1.29 is 9.90 Å². The molecule has 2 aromatic carbocycles. The second-order valence-corrected chi connectivity index (χ2v) is 5.43. The molecule has 0 fully saturated rings. The van der Waals surface area contributed by atoms with Gasteiger partial charge in [0.1, 0.15) is 0 Å². The number of fused-ring (bicyclic) bond motifs is 3. The van der Waals surface area contributed by atoms with Gasteiger partial charge in [-0.3, -0.25) is 4.79 Å². The topological polar surface area (TPSA) is 37.3 Å². The van der Waals surface area contributed by atoms with Crippen LogP contribution in [0.3, 0.4) is 0 Å². The molecule has 1 atom stereocenters. The predicted octanol–water partition coefficient (Wildman–Crippen LogP) is 4.24. The Kier molecular flexibility index (Phi) is 2.56. The lowest BCUT2D eigenvalue weighted by Crippen LogP contribution is -2.07. The molecule has 1 N–H and O–H groups in total. The third-order valence-corrected chi connectivity index (χ3v) is 4.51. The van der Waals surface area contributed by atoms with E-state index in [4.69, 9.17) is 0 Å². The van der Waals surface area contributed by atoms with Crippen LogP contribution in [-0.4, -0.2) is 11.1 Å². The normalized spacial score (nSPS) is 12.9. The number of carbonyl (C=O) groups is 1. The number of carboxylic acids is 1. The lowest BCUT2D eigenvalue weighted by molar-refractivity contribution is -0.138. The van der Waals surface area contributed by atoms with Crippen LogP contribution < -0.4 is 0 Å². The molecule has 3 rings (SSSR count). The third kappa shape index (κ3) is 1.59. The van der Waals surface area contributed by atoms with E-state index in [1.807, 2.05) is 24.3 Å². The van der Waals surface area contributed by atoms with Crippen molar-refractivity contribution >= 4 is 37.5 Å². The minimum Gasteiger partial charge on any atom is -0.481 e. The molecule has 0 aliphatic heterocycles. The van der Waals surface area contributed by atoms with Gasteiger partial charge in [-0.05, 0) is 18.6 Å². The summed E-state index contributed by atoms with van der Waals surface area (Å²) in [5, 5.41) is 11.5. The summed E-state index contributed by atoms with van der Waals surface area (Å²) in [7, 11) is 0. The maximum Gasteiger partial charge on any atom is 0.310 e. The molecule has 90 valence electrons. The Morgan fingerprint density at radius 3 is 2.61 bits per heavy atom. The van der Waals surface area contributed by atoms with Gasteiger partial charge in [0.05, 0.1) is 5.92 Å². The average molecular weight is 256 g/mol. The van der Waals surface area contributed by atoms with Crippen molar-refractivity contribution in [1.29, 1.82) is 0 Å². The quantitative estimate of drug-likeness (QED) is 0.744. The molecule has 0 saturated carbocycles. The number of thiophene rings is 1. The molecule has 0 aliphatic rings. The monoisotopic (exact) mass is 256 g/mol. The molecule has 1 heterocycles. The van der Waals surface area contributed by atoms with Crippen LogP contribution in [-0.2, 0) is 4.79 Å². The van der Waals surface area contributed by atoms with Crippen molar-refractivity contribution in [2.75, 3.05) is 0 Å². The first-order valence-corrected chi connectivity index (χ1v) is 6.63. The lowest BCUT2D eigenvalue weighted by atomic mass is 9.99. The molecule has 1 aromatic heterocycles. The molecule has 2 nitrogen and oxygen atoms in total. The van der Waals surface area contributed by atoms with E-state index in [0.29, 0.717) is 0 Å². The van der Waals surface area contributed by atoms with Crippen LogP contribution >= 0.6 is 11.3 Å². The van der Waals surface area contributed by atoms with Gasteiger partial charge in [-0.1, -0.05) is 36.4 Å². The summed E-state index contributed by atoms with van der Waals surface area (Å²) in [6.07, 6.45) is 0. The Balaban J connectivity index is 2.37. The fraction of sp³-hybridized carbons (Fsp3) is 0.133. The smallest absolute Gasteiger partial charge is 0.310 e. The number of benzene rings is 2. The van der Waals surface area contributed by atoms with Crippen LogP contribution in [0.15, 0.2) is 42.5 Å². The van der Waals surface area contributed by atoms with Crippen molar-refractivity contribution in [2.45, 2.75) is 12.8 Å². The van der Waals surface area contributed by atoms with Gasteiger partial charge in [-0.15, -0.1) is 11.3 Å². The molecule has 3 aromatic rings. The maximum absolute atomic E-state index is 11.2. The summed E-state index contributed by atoms with van der Waals surface area (Å²) in [5.74, 6) is -1.25. The highest BCUT2D eigenvalue weighted by Gasteiger charge is 2.18. The molecular weight excluding hydrogens is 244 g/mol. The Morgan fingerprint density at radius 2 is 1.83 bits per heavy atom. The van der Waals surface area contributed by atoms with Crippen LogP contribution in [0.4, 0.5) is 0 Å². The van der Waals surface area contributed by atoms with Crippen molar-refractivity contribution in [3.05, 3.63) is 48.0 Å². The first-order chi connectivity index (χ1) is 8.68. The molecule has 0 spiro atoms. The van der Waals surface area contributed by atoms with Gasteiger partial charge in [0.2, 0.25) is 0 Å². The number of hydrogen-bond donors (Lipinski definition) is 1. The maximum atomic E-state index is 11.2. The largest absolute Gasteiger partial charge is 0.481 e. The molecular formula is C15H12O2S. The first kappa shape index (κ1) is 11.2. The van der Waals surface area contributed by atoms with Crippen molar-refractivity contribution in [3.8, 4) is 0 Å². The Labute approximate surface area is 108 Å². The average Bonchev–Trinajstić information content (AvgIpc) is 2.76. The van der Waals surface area contributed by atoms with Crippen molar-refractivity contribution in [3.63, 3.8) is 0 Å². The lowest BCUT2D eigenvalue weighted by Gasteiger charge is -2.07. The van der Waals surface area contributed by atoms with Crippen LogP contribution in [0, 0.1) is 0 Å². The van der Waals surface area contributed by atoms with Crippen LogP contribution in [0.2, 0.25) is 0 Å². The number of rotatable bonds is 2. The molecule has 3 heteroatoms. The number of carboxylic acid groups (broad SMARTS) is 1. The van der Waals surface area contributed by atoms with E-state index in [0.717, 1.165) is 15.6 Å². The van der Waals surface area contributed by atoms with Gasteiger partial charge >= 0.3 is 5.97 Å². The fourth-order valence-electron chi connectivity index (χ4n) is 2.24. The van der Waals surface area contributed by atoms with Crippen molar-refractivity contribution in [2.24, 2.45) is 0 Å². The van der Waals surface area contributed by atoms with E-state index in [1.165, 1.54) is 10.1 Å². The number of aliphatic carboxylic acids is 1. The zero-order valence-corrected chi connectivity index (χ0v) is 10.7. The SMILES string of the molecule is C[C@H](C(=O)O)c1cccc2c1sc1ccccc12. The van der Waals surface area contributed by atoms with E-state index >= 15 is 0 Å². The minimum absolute atomic E-state index is 0.471. The molecule has 18 heavy (non-hydrogen) atoms. The molecule has 0 amide bonds. The fourth-order valence-corrected chi connectivity index (χ4v) is 3.55. The zero-order chi connectivity index (χ0) is 12.7. The Hall–Kier alpha value is -1.87. The van der Waals surface area contributed by atoms with E-state index in [-0.39, 0.29) is 0 Å². The highest BCUT2D eigenvalue weighted by Crippen LogP contribution is 2.38. The zero-order valence-electron chi connectivity index (χ0n) is 9.88. The summed E-state index contributed by atoms with van der Waals surface area (Å²) in [6.45, 7) is 1.74. The van der Waals surface area contributed by atoms with Gasteiger partial charge in [0.15, 0.2) is 0 Å². The standard InChI is InChI=1S/C15H12O2S/c1-9(15(16)17)10-6-4-7-12-11-5-2-3-8-13(11)18-14(10)12/h2-9H,1H3,(H,16,17)/t9-/m0/s1. The van der Waals surface area contributed by atoms with E-state index < -0.39 is 11.9 Å².